The molecule has 16 atom stereocenters. The minimum atomic E-state index is 0.932. The Morgan fingerprint density at radius 2 is 0.453 bits per heavy atom. The smallest absolute Gasteiger partial charge is 0.0132 e. The van der Waals surface area contributed by atoms with Gasteiger partial charge in [-0.15, -0.1) is 0 Å². The molecular formula is C62H104N2. The van der Waals surface area contributed by atoms with E-state index in [0.29, 0.717) is 0 Å². The van der Waals surface area contributed by atoms with Gasteiger partial charge in [0.05, 0.1) is 0 Å². The number of fused-ring (bicyclic) bond motifs is 5. The first-order chi connectivity index (χ1) is 31.8. The Balaban J connectivity index is 0.865. The van der Waals surface area contributed by atoms with E-state index < -0.39 is 0 Å². The van der Waals surface area contributed by atoms with Crippen LogP contribution >= 0.6 is 0 Å². The second-order valence-corrected chi connectivity index (χ2v) is 27.3. The fourth-order valence-electron chi connectivity index (χ4n) is 22.8. The quantitative estimate of drug-likeness (QED) is 0.240. The van der Waals surface area contributed by atoms with Gasteiger partial charge in [-0.3, -0.25) is 9.80 Å². The van der Waals surface area contributed by atoms with Crippen LogP contribution in [0.4, 0.5) is 0 Å². The Labute approximate surface area is 396 Å². The minimum absolute atomic E-state index is 0.932. The van der Waals surface area contributed by atoms with Crippen LogP contribution in [0.1, 0.15) is 270 Å². The molecule has 2 heteroatoms. The molecule has 0 bridgehead atoms. The Morgan fingerprint density at radius 3 is 0.797 bits per heavy atom. The van der Waals surface area contributed by atoms with E-state index in [1.54, 1.807) is 141 Å². The molecule has 0 saturated heterocycles. The molecule has 12 saturated carbocycles. The van der Waals surface area contributed by atoms with Crippen molar-refractivity contribution in [2.75, 3.05) is 0 Å². The van der Waals surface area contributed by atoms with Gasteiger partial charge in [0.15, 0.2) is 0 Å². The molecule has 2 nitrogen and oxygen atoms in total. The van der Waals surface area contributed by atoms with E-state index in [2.05, 4.69) is 9.80 Å². The van der Waals surface area contributed by atoms with Crippen LogP contribution in [0.3, 0.4) is 0 Å². The minimum Gasteiger partial charge on any atom is -0.294 e. The van der Waals surface area contributed by atoms with E-state index >= 15 is 0 Å². The summed E-state index contributed by atoms with van der Waals surface area (Å²) in [6.45, 7) is 0. The molecule has 362 valence electrons. The lowest BCUT2D eigenvalue weighted by atomic mass is 9.40. The van der Waals surface area contributed by atoms with Crippen LogP contribution in [0.5, 0.6) is 0 Å². The van der Waals surface area contributed by atoms with Gasteiger partial charge >= 0.3 is 0 Å². The lowest BCUT2D eigenvalue weighted by molar-refractivity contribution is -0.169. The van der Waals surface area contributed by atoms with Gasteiger partial charge in [-0.1, -0.05) is 141 Å². The highest BCUT2D eigenvalue weighted by atomic mass is 15.2. The molecule has 0 N–H and O–H groups in total. The summed E-state index contributed by atoms with van der Waals surface area (Å²) < 4.78 is 0. The maximum Gasteiger partial charge on any atom is 0.0132 e. The summed E-state index contributed by atoms with van der Waals surface area (Å²) in [6.07, 6.45) is 66.1. The summed E-state index contributed by atoms with van der Waals surface area (Å²) in [5.74, 6) is 15.2. The molecule has 12 aliphatic carbocycles. The summed E-state index contributed by atoms with van der Waals surface area (Å²) in [4.78, 5) is 6.82. The van der Waals surface area contributed by atoms with E-state index in [4.69, 9.17) is 0 Å². The zero-order valence-electron chi connectivity index (χ0n) is 42.1. The monoisotopic (exact) mass is 877 g/mol. The van der Waals surface area contributed by atoms with Crippen molar-refractivity contribution in [3.05, 3.63) is 0 Å². The van der Waals surface area contributed by atoms with Crippen molar-refractivity contribution < 1.29 is 0 Å². The normalized spacial score (nSPS) is 47.0. The molecule has 0 aliphatic heterocycles. The average Bonchev–Trinajstić information content (AvgIpc) is 3.37. The first-order valence-corrected chi connectivity index (χ1v) is 31.3. The van der Waals surface area contributed by atoms with Crippen LogP contribution in [0.15, 0.2) is 0 Å². The molecule has 12 aliphatic rings. The van der Waals surface area contributed by atoms with Crippen molar-refractivity contribution in [2.45, 2.75) is 306 Å². The van der Waals surface area contributed by atoms with Crippen LogP contribution in [0.2, 0.25) is 0 Å². The fraction of sp³-hybridized carbons (Fsp3) is 1.00. The highest BCUT2D eigenvalue weighted by Crippen LogP contribution is 2.67. The molecule has 12 rings (SSSR count). The van der Waals surface area contributed by atoms with Gasteiger partial charge in [0, 0.05) is 36.3 Å². The summed E-state index contributed by atoms with van der Waals surface area (Å²) in [6, 6.07) is 5.61. The Bertz CT molecular complexity index is 1300. The van der Waals surface area contributed by atoms with Gasteiger partial charge in [0.2, 0.25) is 0 Å². The number of hydrogen-bond donors (Lipinski definition) is 0. The largest absolute Gasteiger partial charge is 0.294 e. The molecule has 0 heterocycles. The molecule has 16 unspecified atom stereocenters. The van der Waals surface area contributed by atoms with Crippen molar-refractivity contribution in [3.8, 4) is 0 Å². The first kappa shape index (κ1) is 45.1. The summed E-state index contributed by atoms with van der Waals surface area (Å²) in [5, 5.41) is 0. The Hall–Kier alpha value is -0.0800. The fourth-order valence-corrected chi connectivity index (χ4v) is 22.8. The molecule has 64 heavy (non-hydrogen) atoms. The third-order valence-electron chi connectivity index (χ3n) is 24.8. The SMILES string of the molecule is C1CCC(N(C2CCCCC2)C2CCC(C3C4CCCCC4C(C4CCC(N(C5CCCCC5)C5CCCCC5)C5CCCCC45)C4CC5CCCCC5CC43)C3CCCCC32)CC1. The van der Waals surface area contributed by atoms with Gasteiger partial charge in [0.1, 0.15) is 0 Å². The molecule has 0 amide bonds. The van der Waals surface area contributed by atoms with Crippen molar-refractivity contribution >= 4 is 0 Å². The maximum atomic E-state index is 3.41. The van der Waals surface area contributed by atoms with Gasteiger partial charge < -0.3 is 0 Å². The molecule has 0 radical (unpaired) electrons. The maximum absolute atomic E-state index is 3.41. The van der Waals surface area contributed by atoms with Gasteiger partial charge in [-0.25, -0.2) is 0 Å². The van der Waals surface area contributed by atoms with Crippen LogP contribution < -0.4 is 0 Å². The lowest BCUT2D eigenvalue weighted by Crippen LogP contribution is -2.62. The van der Waals surface area contributed by atoms with E-state index in [9.17, 15) is 0 Å². The number of hydrogen-bond acceptors (Lipinski definition) is 2. The van der Waals surface area contributed by atoms with Crippen LogP contribution in [0, 0.1) is 82.9 Å². The molecule has 0 spiro atoms. The van der Waals surface area contributed by atoms with Crippen molar-refractivity contribution in [2.24, 2.45) is 82.9 Å². The second-order valence-electron chi connectivity index (χ2n) is 27.3. The summed E-state index contributed by atoms with van der Waals surface area (Å²) in [7, 11) is 0. The van der Waals surface area contributed by atoms with Crippen LogP contribution in [-0.2, 0) is 0 Å². The number of rotatable bonds is 8. The molecule has 0 aromatic carbocycles. The highest BCUT2D eigenvalue weighted by molar-refractivity contribution is 5.11. The molecular weight excluding hydrogens is 773 g/mol. The third kappa shape index (κ3) is 8.76. The van der Waals surface area contributed by atoms with E-state index in [1.807, 2.05) is 0 Å². The Morgan fingerprint density at radius 1 is 0.188 bits per heavy atom. The Kier molecular flexibility index (Phi) is 14.6. The first-order valence-electron chi connectivity index (χ1n) is 31.3. The van der Waals surface area contributed by atoms with E-state index in [1.165, 1.54) is 128 Å². The van der Waals surface area contributed by atoms with Crippen LogP contribution in [-0.4, -0.2) is 46.1 Å². The number of nitrogens with zero attached hydrogens (tertiary/aromatic N) is 2. The molecule has 12 fully saturated rings. The second kappa shape index (κ2) is 20.7. The van der Waals surface area contributed by atoms with Gasteiger partial charge in [-0.2, -0.15) is 0 Å². The van der Waals surface area contributed by atoms with Crippen molar-refractivity contribution in [1.82, 2.24) is 9.80 Å². The summed E-state index contributed by atoms with van der Waals surface area (Å²) >= 11 is 0. The van der Waals surface area contributed by atoms with E-state index in [-0.39, 0.29) is 0 Å². The van der Waals surface area contributed by atoms with E-state index in [0.717, 1.165) is 119 Å². The lowest BCUT2D eigenvalue weighted by Gasteiger charge is -2.66. The molecule has 0 aromatic heterocycles. The topological polar surface area (TPSA) is 6.48 Å². The zero-order valence-corrected chi connectivity index (χ0v) is 42.1. The summed E-state index contributed by atoms with van der Waals surface area (Å²) in [5.41, 5.74) is 0. The predicted molar refractivity (Wildman–Crippen MR) is 269 cm³/mol. The van der Waals surface area contributed by atoms with Gasteiger partial charge in [-0.05, 0) is 211 Å². The van der Waals surface area contributed by atoms with Crippen molar-refractivity contribution in [1.29, 1.82) is 0 Å². The third-order valence-corrected chi connectivity index (χ3v) is 24.8. The van der Waals surface area contributed by atoms with Crippen molar-refractivity contribution in [3.63, 3.8) is 0 Å². The predicted octanol–water partition coefficient (Wildman–Crippen LogP) is 17.0. The average molecular weight is 878 g/mol. The van der Waals surface area contributed by atoms with Crippen LogP contribution in [0.25, 0.3) is 0 Å². The zero-order chi connectivity index (χ0) is 42.4. The highest BCUT2D eigenvalue weighted by Gasteiger charge is 2.61. The van der Waals surface area contributed by atoms with Gasteiger partial charge in [0.25, 0.3) is 0 Å². The standard InChI is InChI=1S/C62H104N2/c1-5-23-45(24-6-1)63(46-25-7-2-8-26-46)59-39-37-55(49-31-15-17-33-51(49)59)61-53-35-19-20-36-54(53)62(58-42-44-22-14-13-21-43(44)41-57(58)61)56-38-40-60(52-34-18-16-32-50(52)56)64(47-27-9-3-10-28-47)48-29-11-4-12-30-48/h43-62H,1-42H2. The molecule has 0 aromatic rings.